The van der Waals surface area contributed by atoms with Crippen LogP contribution in [0, 0.1) is 6.92 Å². The minimum Gasteiger partial charge on any atom is -0.347 e. The monoisotopic (exact) mass is 391 g/mol. The number of thiazole rings is 1. The Kier molecular flexibility index (Phi) is 4.75. The van der Waals surface area contributed by atoms with Crippen LogP contribution in [0.3, 0.4) is 0 Å². The van der Waals surface area contributed by atoms with Gasteiger partial charge >= 0.3 is 0 Å². The van der Waals surface area contributed by atoms with Crippen molar-refractivity contribution >= 4 is 29.1 Å². The number of hydrogen-bond donors (Lipinski definition) is 1. The maximum atomic E-state index is 12.7. The highest BCUT2D eigenvalue weighted by Gasteiger charge is 2.35. The summed E-state index contributed by atoms with van der Waals surface area (Å²) in [5.74, 6) is -1.01. The van der Waals surface area contributed by atoms with Crippen molar-refractivity contribution in [2.75, 3.05) is 0 Å². The Morgan fingerprint density at radius 3 is 2.54 bits per heavy atom. The number of hydrogen-bond acceptors (Lipinski definition) is 5. The zero-order valence-electron chi connectivity index (χ0n) is 15.1. The molecule has 1 aliphatic rings. The van der Waals surface area contributed by atoms with Gasteiger partial charge in [0.1, 0.15) is 0 Å². The molecule has 0 saturated heterocycles. The molecule has 0 spiro atoms. The largest absolute Gasteiger partial charge is 0.347 e. The number of nitrogens with zero attached hydrogens (tertiary/aromatic N) is 2. The second-order valence-electron chi connectivity index (χ2n) is 6.47. The fraction of sp³-hybridized carbons (Fsp3) is 0.143. The molecule has 0 radical (unpaired) electrons. The van der Waals surface area contributed by atoms with Gasteiger partial charge in [-0.05, 0) is 30.7 Å². The van der Waals surface area contributed by atoms with Crippen molar-refractivity contribution in [2.24, 2.45) is 0 Å². The van der Waals surface area contributed by atoms with Crippen LogP contribution in [-0.4, -0.2) is 27.6 Å². The van der Waals surface area contributed by atoms with Crippen molar-refractivity contribution in [3.8, 4) is 0 Å². The van der Waals surface area contributed by atoms with Crippen LogP contribution in [0.2, 0.25) is 0 Å². The maximum Gasteiger partial charge on any atom is 0.261 e. The Balaban J connectivity index is 1.50. The number of amides is 3. The zero-order chi connectivity index (χ0) is 19.7. The molecule has 6 nitrogen and oxygen atoms in total. The van der Waals surface area contributed by atoms with Crippen molar-refractivity contribution < 1.29 is 14.4 Å². The highest BCUT2D eigenvalue weighted by Crippen LogP contribution is 2.25. The van der Waals surface area contributed by atoms with Gasteiger partial charge in [-0.15, -0.1) is 11.3 Å². The highest BCUT2D eigenvalue weighted by molar-refractivity contribution is 7.11. The summed E-state index contributed by atoms with van der Waals surface area (Å²) in [4.78, 5) is 44.1. The van der Waals surface area contributed by atoms with Crippen LogP contribution < -0.4 is 5.32 Å². The molecule has 0 atom stereocenters. The molecule has 1 aliphatic heterocycles. The van der Waals surface area contributed by atoms with Crippen LogP contribution in [0.5, 0.6) is 0 Å². The molecule has 1 N–H and O–H groups in total. The van der Waals surface area contributed by atoms with Crippen molar-refractivity contribution in [1.82, 2.24) is 15.2 Å². The van der Waals surface area contributed by atoms with Gasteiger partial charge in [-0.3, -0.25) is 19.3 Å². The lowest BCUT2D eigenvalue weighted by molar-refractivity contribution is 0.0642. The van der Waals surface area contributed by atoms with Crippen LogP contribution >= 0.6 is 11.3 Å². The topological polar surface area (TPSA) is 79.4 Å². The molecule has 0 saturated carbocycles. The van der Waals surface area contributed by atoms with Gasteiger partial charge < -0.3 is 5.32 Å². The first-order chi connectivity index (χ1) is 13.5. The van der Waals surface area contributed by atoms with E-state index in [9.17, 15) is 14.4 Å². The van der Waals surface area contributed by atoms with Gasteiger partial charge in [-0.25, -0.2) is 4.98 Å². The van der Waals surface area contributed by atoms with E-state index >= 15 is 0 Å². The molecule has 0 aliphatic carbocycles. The van der Waals surface area contributed by atoms with E-state index in [1.54, 1.807) is 18.3 Å². The van der Waals surface area contributed by atoms with Crippen LogP contribution in [0.4, 0.5) is 0 Å². The van der Waals surface area contributed by atoms with E-state index in [0.717, 1.165) is 15.4 Å². The number of carbonyl (C=O) groups is 3. The van der Waals surface area contributed by atoms with Gasteiger partial charge in [0.2, 0.25) is 0 Å². The van der Waals surface area contributed by atoms with Gasteiger partial charge in [0.25, 0.3) is 17.7 Å². The number of aromatic nitrogens is 1. The van der Waals surface area contributed by atoms with Crippen molar-refractivity contribution in [2.45, 2.75) is 20.0 Å². The van der Waals surface area contributed by atoms with Crippen molar-refractivity contribution in [3.63, 3.8) is 0 Å². The van der Waals surface area contributed by atoms with Gasteiger partial charge in [-0.2, -0.15) is 0 Å². The van der Waals surface area contributed by atoms with Crippen LogP contribution in [0.1, 0.15) is 46.5 Å². The van der Waals surface area contributed by atoms with Gasteiger partial charge in [0.05, 0.1) is 29.2 Å². The predicted molar refractivity (Wildman–Crippen MR) is 105 cm³/mol. The Hall–Kier alpha value is -3.32. The third-order valence-electron chi connectivity index (χ3n) is 4.51. The maximum absolute atomic E-state index is 12.7. The fourth-order valence-corrected chi connectivity index (χ4v) is 3.83. The molecule has 4 rings (SSSR count). The minimum absolute atomic E-state index is 0.208. The summed E-state index contributed by atoms with van der Waals surface area (Å²) >= 11 is 1.52. The average molecular weight is 391 g/mol. The molecule has 0 bridgehead atoms. The lowest BCUT2D eigenvalue weighted by Crippen LogP contribution is -2.29. The molecule has 7 heteroatoms. The number of nitrogens with one attached hydrogen (secondary N) is 1. The molecule has 1 aromatic heterocycles. The quantitative estimate of drug-likeness (QED) is 0.678. The summed E-state index contributed by atoms with van der Waals surface area (Å²) in [6.07, 6.45) is 1.73. The van der Waals surface area contributed by atoms with Gasteiger partial charge in [-0.1, -0.05) is 30.3 Å². The molecule has 0 fully saturated rings. The molecule has 140 valence electrons. The second kappa shape index (κ2) is 7.36. The fourth-order valence-electron chi connectivity index (χ4n) is 3.10. The third-order valence-corrected chi connectivity index (χ3v) is 5.42. The number of benzene rings is 2. The van der Waals surface area contributed by atoms with E-state index in [0.29, 0.717) is 17.7 Å². The standard InChI is InChI=1S/C21H17N3O3S/c1-13-22-10-16(28-13)11-23-19(25)15-7-8-17-18(9-15)21(27)24(20(17)26)12-14-5-3-2-4-6-14/h2-10H,11-12H2,1H3,(H,23,25). The third kappa shape index (κ3) is 3.44. The molecule has 0 unspecified atom stereocenters. The summed E-state index contributed by atoms with van der Waals surface area (Å²) in [5, 5.41) is 3.75. The molecular formula is C21H17N3O3S. The number of carbonyl (C=O) groups excluding carboxylic acids is 3. The van der Waals surface area contributed by atoms with E-state index in [4.69, 9.17) is 0 Å². The summed E-state index contributed by atoms with van der Waals surface area (Å²) in [7, 11) is 0. The lowest BCUT2D eigenvalue weighted by atomic mass is 10.1. The van der Waals surface area contributed by atoms with Crippen LogP contribution in [0.25, 0.3) is 0 Å². The van der Waals surface area contributed by atoms with Crippen LogP contribution in [0.15, 0.2) is 54.7 Å². The summed E-state index contributed by atoms with van der Waals surface area (Å²) in [6, 6.07) is 13.9. The van der Waals surface area contributed by atoms with Gasteiger partial charge in [0, 0.05) is 16.6 Å². The summed E-state index contributed by atoms with van der Waals surface area (Å²) < 4.78 is 0. The normalized spacial score (nSPS) is 13.0. The minimum atomic E-state index is -0.378. The number of fused-ring (bicyclic) bond motifs is 1. The summed E-state index contributed by atoms with van der Waals surface area (Å²) in [6.45, 7) is 2.48. The number of aryl methyl sites for hydroxylation is 1. The first-order valence-electron chi connectivity index (χ1n) is 8.76. The van der Waals surface area contributed by atoms with E-state index in [1.165, 1.54) is 22.3 Å². The Bertz CT molecular complexity index is 1080. The van der Waals surface area contributed by atoms with E-state index in [-0.39, 0.29) is 29.8 Å². The Morgan fingerprint density at radius 1 is 1.07 bits per heavy atom. The first-order valence-corrected chi connectivity index (χ1v) is 9.58. The predicted octanol–water partition coefficient (Wildman–Crippen LogP) is 3.18. The molecule has 3 aromatic rings. The number of imide groups is 1. The highest BCUT2D eigenvalue weighted by atomic mass is 32.1. The Morgan fingerprint density at radius 2 is 1.82 bits per heavy atom. The number of rotatable bonds is 5. The van der Waals surface area contributed by atoms with Crippen molar-refractivity contribution in [3.05, 3.63) is 86.9 Å². The van der Waals surface area contributed by atoms with E-state index in [2.05, 4.69) is 10.3 Å². The SMILES string of the molecule is Cc1ncc(CNC(=O)c2ccc3c(c2)C(=O)N(Cc2ccccc2)C3=O)s1. The molecule has 2 aromatic carbocycles. The lowest BCUT2D eigenvalue weighted by Gasteiger charge is -2.13. The smallest absolute Gasteiger partial charge is 0.261 e. The molecular weight excluding hydrogens is 374 g/mol. The summed E-state index contributed by atoms with van der Waals surface area (Å²) in [5.41, 5.74) is 1.82. The molecule has 3 amide bonds. The average Bonchev–Trinajstić information content (AvgIpc) is 3.23. The van der Waals surface area contributed by atoms with E-state index < -0.39 is 0 Å². The second-order valence-corrected chi connectivity index (χ2v) is 7.79. The molecule has 2 heterocycles. The first kappa shape index (κ1) is 18.1. The zero-order valence-corrected chi connectivity index (χ0v) is 16.0. The van der Waals surface area contributed by atoms with Gasteiger partial charge in [0.15, 0.2) is 0 Å². The van der Waals surface area contributed by atoms with Crippen LogP contribution in [-0.2, 0) is 13.1 Å². The Labute approximate surface area is 165 Å². The molecule has 28 heavy (non-hydrogen) atoms. The van der Waals surface area contributed by atoms with Crippen molar-refractivity contribution in [1.29, 1.82) is 0 Å². The van der Waals surface area contributed by atoms with E-state index in [1.807, 2.05) is 37.3 Å².